The van der Waals surface area contributed by atoms with Crippen molar-refractivity contribution in [3.8, 4) is 0 Å². The van der Waals surface area contributed by atoms with Gasteiger partial charge in [-0.2, -0.15) is 0 Å². The summed E-state index contributed by atoms with van der Waals surface area (Å²) < 4.78 is 11.2. The Kier molecular flexibility index (Phi) is 2.18. The molecule has 78 valence electrons. The van der Waals surface area contributed by atoms with Gasteiger partial charge in [0.2, 0.25) is 0 Å². The first kappa shape index (κ1) is 9.78. The number of ether oxygens (including phenoxy) is 1. The van der Waals surface area contributed by atoms with Crippen molar-refractivity contribution in [2.75, 3.05) is 0 Å². The molecule has 1 fully saturated rings. The third-order valence-corrected chi connectivity index (χ3v) is 3.10. The zero-order valence-electron chi connectivity index (χ0n) is 9.28. The minimum Gasteiger partial charge on any atom is -0.467 e. The Bertz CT molecular complexity index is 298. The van der Waals surface area contributed by atoms with Crippen LogP contribution in [0.15, 0.2) is 22.8 Å². The average Bonchev–Trinajstić information content (AvgIpc) is 2.54. The molecule has 14 heavy (non-hydrogen) atoms. The maximum absolute atomic E-state index is 5.87. The normalized spacial score (nSPS) is 30.4. The predicted octanol–water partition coefficient (Wildman–Crippen LogP) is 3.40. The average molecular weight is 194 g/mol. The largest absolute Gasteiger partial charge is 0.467 e. The van der Waals surface area contributed by atoms with E-state index in [1.54, 1.807) is 6.26 Å². The smallest absolute Gasteiger partial charge is 0.133 e. The number of furan rings is 1. The fourth-order valence-electron chi connectivity index (χ4n) is 2.46. The van der Waals surface area contributed by atoms with Crippen LogP contribution in [0.25, 0.3) is 0 Å². The van der Waals surface area contributed by atoms with Crippen molar-refractivity contribution < 1.29 is 9.15 Å². The van der Waals surface area contributed by atoms with E-state index in [0.29, 0.717) is 12.0 Å². The van der Waals surface area contributed by atoms with Crippen LogP contribution in [-0.2, 0) is 4.74 Å². The molecule has 0 amide bonds. The maximum atomic E-state index is 5.87. The van der Waals surface area contributed by atoms with E-state index >= 15 is 0 Å². The molecule has 0 spiro atoms. The third kappa shape index (κ3) is 1.29. The molecule has 0 aromatic carbocycles. The summed E-state index contributed by atoms with van der Waals surface area (Å²) in [5.41, 5.74) is 0.187. The van der Waals surface area contributed by atoms with Gasteiger partial charge in [-0.05, 0) is 18.1 Å². The molecule has 2 heterocycles. The van der Waals surface area contributed by atoms with Gasteiger partial charge in [-0.25, -0.2) is 0 Å². The van der Waals surface area contributed by atoms with E-state index in [0.717, 1.165) is 5.76 Å². The molecule has 0 aliphatic carbocycles. The zero-order valence-corrected chi connectivity index (χ0v) is 9.28. The first-order chi connectivity index (χ1) is 6.53. The highest BCUT2D eigenvalue weighted by atomic mass is 16.5. The summed E-state index contributed by atoms with van der Waals surface area (Å²) in [6.07, 6.45) is 2.18. The van der Waals surface area contributed by atoms with Crippen LogP contribution in [0.2, 0.25) is 0 Å². The number of hydrogen-bond donors (Lipinski definition) is 0. The van der Waals surface area contributed by atoms with Gasteiger partial charge < -0.3 is 9.15 Å². The summed E-state index contributed by atoms with van der Waals surface area (Å²) in [4.78, 5) is 0. The van der Waals surface area contributed by atoms with Crippen molar-refractivity contribution in [3.05, 3.63) is 24.2 Å². The molecule has 1 aliphatic rings. The summed E-state index contributed by atoms with van der Waals surface area (Å²) in [6, 6.07) is 3.90. The Morgan fingerprint density at radius 1 is 1.36 bits per heavy atom. The summed E-state index contributed by atoms with van der Waals surface area (Å²) in [7, 11) is 0. The minimum absolute atomic E-state index is 0.130. The molecule has 2 nitrogen and oxygen atoms in total. The Labute approximate surface area is 85.3 Å². The molecule has 1 saturated heterocycles. The van der Waals surface area contributed by atoms with Gasteiger partial charge in [0.1, 0.15) is 11.9 Å². The third-order valence-electron chi connectivity index (χ3n) is 3.10. The Balaban J connectivity index is 2.14. The lowest BCUT2D eigenvalue weighted by atomic mass is 9.70. The molecule has 1 aromatic rings. The predicted molar refractivity (Wildman–Crippen MR) is 54.9 cm³/mol. The molecule has 0 radical (unpaired) electrons. The van der Waals surface area contributed by atoms with E-state index in [4.69, 9.17) is 9.15 Å². The quantitative estimate of drug-likeness (QED) is 0.720. The van der Waals surface area contributed by atoms with Crippen LogP contribution >= 0.6 is 0 Å². The lowest BCUT2D eigenvalue weighted by molar-refractivity contribution is -0.261. The summed E-state index contributed by atoms with van der Waals surface area (Å²) in [5, 5.41) is 0. The van der Waals surface area contributed by atoms with Crippen molar-refractivity contribution in [1.29, 1.82) is 0 Å². The van der Waals surface area contributed by atoms with Crippen LogP contribution in [0.4, 0.5) is 0 Å². The molecule has 2 unspecified atom stereocenters. The molecule has 0 saturated carbocycles. The summed E-state index contributed by atoms with van der Waals surface area (Å²) >= 11 is 0. The van der Waals surface area contributed by atoms with E-state index < -0.39 is 0 Å². The van der Waals surface area contributed by atoms with Crippen LogP contribution < -0.4 is 0 Å². The van der Waals surface area contributed by atoms with Gasteiger partial charge in [-0.3, -0.25) is 0 Å². The van der Waals surface area contributed by atoms with Crippen LogP contribution in [0.3, 0.4) is 0 Å². The van der Waals surface area contributed by atoms with Crippen LogP contribution in [-0.4, -0.2) is 6.10 Å². The molecule has 1 aliphatic heterocycles. The van der Waals surface area contributed by atoms with Gasteiger partial charge in [-0.15, -0.1) is 0 Å². The lowest BCUT2D eigenvalue weighted by Crippen LogP contribution is -2.52. The highest BCUT2D eigenvalue weighted by molar-refractivity contribution is 5.12. The molecule has 1 aromatic heterocycles. The Morgan fingerprint density at radius 2 is 2.07 bits per heavy atom. The van der Waals surface area contributed by atoms with Crippen molar-refractivity contribution in [2.24, 2.45) is 11.3 Å². The topological polar surface area (TPSA) is 22.4 Å². The number of hydrogen-bond acceptors (Lipinski definition) is 2. The highest BCUT2D eigenvalue weighted by Crippen LogP contribution is 2.53. The second-order valence-electron chi connectivity index (χ2n) is 5.02. The van der Waals surface area contributed by atoms with E-state index in [9.17, 15) is 0 Å². The van der Waals surface area contributed by atoms with Crippen molar-refractivity contribution >= 4 is 0 Å². The van der Waals surface area contributed by atoms with Crippen LogP contribution in [0, 0.1) is 11.3 Å². The van der Waals surface area contributed by atoms with Gasteiger partial charge in [0.05, 0.1) is 12.4 Å². The molecule has 2 atom stereocenters. The van der Waals surface area contributed by atoms with Gasteiger partial charge in [0.25, 0.3) is 0 Å². The van der Waals surface area contributed by atoms with Gasteiger partial charge in [0.15, 0.2) is 0 Å². The van der Waals surface area contributed by atoms with Crippen molar-refractivity contribution in [3.63, 3.8) is 0 Å². The van der Waals surface area contributed by atoms with Crippen LogP contribution in [0.1, 0.15) is 39.6 Å². The molecule has 2 heteroatoms. The van der Waals surface area contributed by atoms with Crippen molar-refractivity contribution in [1.82, 2.24) is 0 Å². The number of rotatable bonds is 2. The first-order valence-electron chi connectivity index (χ1n) is 5.22. The molecular formula is C12H18O2. The SMILES string of the molecule is CC(C)C1OC(c2ccco2)C1(C)C. The van der Waals surface area contributed by atoms with Gasteiger partial charge in [0, 0.05) is 5.41 Å². The van der Waals surface area contributed by atoms with Crippen molar-refractivity contribution in [2.45, 2.75) is 39.9 Å². The Hall–Kier alpha value is -0.760. The zero-order chi connectivity index (χ0) is 10.3. The highest BCUT2D eigenvalue weighted by Gasteiger charge is 2.52. The maximum Gasteiger partial charge on any atom is 0.133 e. The van der Waals surface area contributed by atoms with Gasteiger partial charge >= 0.3 is 0 Å². The van der Waals surface area contributed by atoms with E-state index in [-0.39, 0.29) is 11.5 Å². The molecule has 0 N–H and O–H groups in total. The summed E-state index contributed by atoms with van der Waals surface area (Å²) in [5.74, 6) is 1.52. The van der Waals surface area contributed by atoms with Gasteiger partial charge in [-0.1, -0.05) is 27.7 Å². The second-order valence-corrected chi connectivity index (χ2v) is 5.02. The molecule has 0 bridgehead atoms. The fourth-order valence-corrected chi connectivity index (χ4v) is 2.46. The molecule has 2 rings (SSSR count). The monoisotopic (exact) mass is 194 g/mol. The Morgan fingerprint density at radius 3 is 2.50 bits per heavy atom. The first-order valence-corrected chi connectivity index (χ1v) is 5.22. The second kappa shape index (κ2) is 3.13. The van der Waals surface area contributed by atoms with E-state index in [1.807, 2.05) is 12.1 Å². The van der Waals surface area contributed by atoms with E-state index in [2.05, 4.69) is 27.7 Å². The fraction of sp³-hybridized carbons (Fsp3) is 0.667. The molecular weight excluding hydrogens is 176 g/mol. The minimum atomic E-state index is 0.130. The van der Waals surface area contributed by atoms with E-state index in [1.165, 1.54) is 0 Å². The summed E-state index contributed by atoms with van der Waals surface area (Å²) in [6.45, 7) is 8.89. The lowest BCUT2D eigenvalue weighted by Gasteiger charge is -2.52. The van der Waals surface area contributed by atoms with Crippen LogP contribution in [0.5, 0.6) is 0 Å². The standard InChI is InChI=1S/C12H18O2/c1-8(2)10-12(3,4)11(14-10)9-6-5-7-13-9/h5-8,10-11H,1-4H3.